The minimum atomic E-state index is 0. The molecule has 4 rings (SSSR count). The summed E-state index contributed by atoms with van der Waals surface area (Å²) in [5.41, 5.74) is 11.3. The van der Waals surface area contributed by atoms with Gasteiger partial charge in [0.05, 0.1) is 5.52 Å². The van der Waals surface area contributed by atoms with E-state index in [0.29, 0.717) is 5.92 Å². The zero-order chi connectivity index (χ0) is 16.5. The predicted octanol–water partition coefficient (Wildman–Crippen LogP) is 4.31. The van der Waals surface area contributed by atoms with Crippen molar-refractivity contribution in [1.29, 1.82) is 0 Å². The maximum atomic E-state index is 6.44. The van der Waals surface area contributed by atoms with Gasteiger partial charge in [0.2, 0.25) is 0 Å². The number of benzene rings is 2. The summed E-state index contributed by atoms with van der Waals surface area (Å²) in [6.45, 7) is 4.95. The third-order valence-electron chi connectivity index (χ3n) is 4.99. The predicted molar refractivity (Wildman–Crippen MR) is 113 cm³/mol. The summed E-state index contributed by atoms with van der Waals surface area (Å²) in [5, 5.41) is 1.25. The molecule has 1 aromatic heterocycles. The lowest BCUT2D eigenvalue weighted by Crippen LogP contribution is -2.28. The van der Waals surface area contributed by atoms with E-state index in [-0.39, 0.29) is 30.9 Å². The molecule has 0 radical (unpaired) electrons. The first-order valence-corrected chi connectivity index (χ1v) is 8.59. The number of para-hydroxylation sites is 1. The van der Waals surface area contributed by atoms with Crippen LogP contribution in [0.5, 0.6) is 0 Å². The Labute approximate surface area is 167 Å². The number of hydrogen-bond acceptors (Lipinski definition) is 3. The Morgan fingerprint density at radius 2 is 1.69 bits per heavy atom. The van der Waals surface area contributed by atoms with Crippen molar-refractivity contribution in [3.63, 3.8) is 0 Å². The summed E-state index contributed by atoms with van der Waals surface area (Å²) in [5.74, 6) is 0.417. The first-order valence-electron chi connectivity index (χ1n) is 8.59. The quantitative estimate of drug-likeness (QED) is 0.725. The van der Waals surface area contributed by atoms with Gasteiger partial charge in [0.25, 0.3) is 0 Å². The molecule has 0 unspecified atom stereocenters. The molecule has 0 saturated carbocycles. The van der Waals surface area contributed by atoms with Crippen LogP contribution in [0.15, 0.2) is 60.7 Å². The highest BCUT2D eigenvalue weighted by Crippen LogP contribution is 2.28. The number of fused-ring (bicyclic) bond motifs is 1. The highest BCUT2D eigenvalue weighted by molar-refractivity contribution is 5.85. The molecule has 3 aromatic rings. The Kier molecular flexibility index (Phi) is 7.01. The second-order valence-corrected chi connectivity index (χ2v) is 6.82. The fraction of sp³-hybridized carbons (Fsp3) is 0.286. The third-order valence-corrected chi connectivity index (χ3v) is 4.99. The number of hydrogen-bond donors (Lipinski definition) is 1. The second-order valence-electron chi connectivity index (χ2n) is 6.82. The number of nitrogens with zero attached hydrogens (tertiary/aromatic N) is 2. The van der Waals surface area contributed by atoms with E-state index in [1.54, 1.807) is 0 Å². The molecule has 26 heavy (non-hydrogen) atoms. The molecule has 5 heteroatoms. The van der Waals surface area contributed by atoms with E-state index in [1.165, 1.54) is 16.5 Å². The summed E-state index contributed by atoms with van der Waals surface area (Å²) in [4.78, 5) is 7.12. The van der Waals surface area contributed by atoms with Crippen LogP contribution < -0.4 is 5.73 Å². The minimum absolute atomic E-state index is 0. The lowest BCUT2D eigenvalue weighted by atomic mass is 9.95. The van der Waals surface area contributed by atoms with Gasteiger partial charge in [0, 0.05) is 42.7 Å². The molecule has 138 valence electrons. The van der Waals surface area contributed by atoms with Gasteiger partial charge in [0.15, 0.2) is 0 Å². The summed E-state index contributed by atoms with van der Waals surface area (Å²) in [6, 6.07) is 21.5. The molecule has 2 heterocycles. The van der Waals surface area contributed by atoms with Crippen LogP contribution in [0.2, 0.25) is 0 Å². The number of nitrogens with two attached hydrogens (primary N) is 1. The maximum Gasteiger partial charge on any atom is 0.0708 e. The Balaban J connectivity index is 0.00000121. The molecule has 1 aliphatic heterocycles. The lowest BCUT2D eigenvalue weighted by Gasteiger charge is -2.17. The van der Waals surface area contributed by atoms with E-state index in [9.17, 15) is 0 Å². The third kappa shape index (κ3) is 4.18. The van der Waals surface area contributed by atoms with E-state index < -0.39 is 0 Å². The van der Waals surface area contributed by atoms with Crippen molar-refractivity contribution in [2.45, 2.75) is 25.4 Å². The summed E-state index contributed by atoms with van der Waals surface area (Å²) >= 11 is 0. The van der Waals surface area contributed by atoms with Gasteiger partial charge in [-0.15, -0.1) is 24.8 Å². The first kappa shape index (κ1) is 20.7. The number of aromatic nitrogens is 1. The minimum Gasteiger partial charge on any atom is -0.326 e. The number of aryl methyl sites for hydroxylation is 1. The molecule has 3 nitrogen and oxygen atoms in total. The number of pyridine rings is 1. The Morgan fingerprint density at radius 1 is 1.00 bits per heavy atom. The van der Waals surface area contributed by atoms with Gasteiger partial charge in [-0.1, -0.05) is 48.5 Å². The molecule has 2 atom stereocenters. The summed E-state index contributed by atoms with van der Waals surface area (Å²) in [6.07, 6.45) is 0. The molecule has 1 saturated heterocycles. The highest BCUT2D eigenvalue weighted by atomic mass is 35.5. The fourth-order valence-electron chi connectivity index (χ4n) is 3.86. The zero-order valence-corrected chi connectivity index (χ0v) is 16.5. The van der Waals surface area contributed by atoms with Crippen molar-refractivity contribution in [3.8, 4) is 0 Å². The average molecular weight is 390 g/mol. The zero-order valence-electron chi connectivity index (χ0n) is 14.8. The van der Waals surface area contributed by atoms with Crippen LogP contribution in [0, 0.1) is 6.92 Å². The van der Waals surface area contributed by atoms with E-state index in [1.807, 2.05) is 0 Å². The number of halogens is 2. The van der Waals surface area contributed by atoms with E-state index in [4.69, 9.17) is 5.73 Å². The molecule has 0 bridgehead atoms. The topological polar surface area (TPSA) is 42.1 Å². The second kappa shape index (κ2) is 8.83. The van der Waals surface area contributed by atoms with E-state index >= 15 is 0 Å². The smallest absolute Gasteiger partial charge is 0.0708 e. The van der Waals surface area contributed by atoms with Crippen molar-refractivity contribution in [1.82, 2.24) is 9.88 Å². The molecular formula is C21H25Cl2N3. The van der Waals surface area contributed by atoms with Crippen LogP contribution in [0.4, 0.5) is 0 Å². The van der Waals surface area contributed by atoms with Crippen LogP contribution in [0.1, 0.15) is 22.7 Å². The molecule has 2 aromatic carbocycles. The largest absolute Gasteiger partial charge is 0.326 e. The van der Waals surface area contributed by atoms with Crippen molar-refractivity contribution in [2.75, 3.05) is 13.1 Å². The molecule has 0 amide bonds. The molecule has 1 fully saturated rings. The maximum absolute atomic E-state index is 6.44. The Hall–Kier alpha value is -1.65. The normalized spacial score (nSPS) is 19.8. The van der Waals surface area contributed by atoms with Gasteiger partial charge in [0.1, 0.15) is 0 Å². The van der Waals surface area contributed by atoms with Crippen molar-refractivity contribution >= 4 is 35.7 Å². The summed E-state index contributed by atoms with van der Waals surface area (Å²) < 4.78 is 0. The van der Waals surface area contributed by atoms with Gasteiger partial charge in [-0.25, -0.2) is 0 Å². The van der Waals surface area contributed by atoms with Gasteiger partial charge in [-0.05, 0) is 30.2 Å². The van der Waals surface area contributed by atoms with Gasteiger partial charge in [-0.3, -0.25) is 9.88 Å². The highest BCUT2D eigenvalue weighted by Gasteiger charge is 2.31. The lowest BCUT2D eigenvalue weighted by molar-refractivity contribution is 0.325. The van der Waals surface area contributed by atoms with E-state index in [2.05, 4.69) is 77.5 Å². The molecular weight excluding hydrogens is 365 g/mol. The standard InChI is InChI=1S/C21H23N3.2ClH/c1-15-11-17(18-9-5-6-10-21(18)23-15)12-24-13-19(20(22)14-24)16-7-3-2-4-8-16;;/h2-11,19-20H,12-14,22H2,1H3;2*1H/t19-,20+;;/m0../s1. The van der Waals surface area contributed by atoms with Crippen molar-refractivity contribution in [3.05, 3.63) is 77.5 Å². The van der Waals surface area contributed by atoms with Crippen molar-refractivity contribution < 1.29 is 0 Å². The molecule has 0 spiro atoms. The molecule has 1 aliphatic rings. The van der Waals surface area contributed by atoms with Crippen molar-refractivity contribution in [2.24, 2.45) is 5.73 Å². The number of likely N-dealkylation sites (tertiary alicyclic amines) is 1. The van der Waals surface area contributed by atoms with Crippen LogP contribution >= 0.6 is 24.8 Å². The van der Waals surface area contributed by atoms with Gasteiger partial charge >= 0.3 is 0 Å². The number of rotatable bonds is 3. The fourth-order valence-corrected chi connectivity index (χ4v) is 3.86. The van der Waals surface area contributed by atoms with Crippen LogP contribution in [-0.2, 0) is 6.54 Å². The van der Waals surface area contributed by atoms with Crippen LogP contribution in [0.25, 0.3) is 10.9 Å². The molecule has 2 N–H and O–H groups in total. The Morgan fingerprint density at radius 3 is 2.46 bits per heavy atom. The van der Waals surface area contributed by atoms with Gasteiger partial charge in [-0.2, -0.15) is 0 Å². The summed E-state index contributed by atoms with van der Waals surface area (Å²) in [7, 11) is 0. The van der Waals surface area contributed by atoms with Gasteiger partial charge < -0.3 is 5.73 Å². The average Bonchev–Trinajstić information content (AvgIpc) is 2.96. The SMILES string of the molecule is Cc1cc(CN2C[C@@H](N)[C@H](c3ccccc3)C2)c2ccccc2n1.Cl.Cl. The molecule has 0 aliphatic carbocycles. The monoisotopic (exact) mass is 389 g/mol. The van der Waals surface area contributed by atoms with Crippen LogP contribution in [-0.4, -0.2) is 29.0 Å². The van der Waals surface area contributed by atoms with Crippen LogP contribution in [0.3, 0.4) is 0 Å². The Bertz CT molecular complexity index is 854. The first-order chi connectivity index (χ1) is 11.7. The van der Waals surface area contributed by atoms with E-state index in [0.717, 1.165) is 30.8 Å².